The van der Waals surface area contributed by atoms with Crippen LogP contribution in [-0.4, -0.2) is 23.1 Å². The van der Waals surface area contributed by atoms with Crippen LogP contribution in [0, 0.1) is 11.6 Å². The number of carbonyl (C=O) groups excluding carboxylic acids is 1. The lowest BCUT2D eigenvalue weighted by Gasteiger charge is -2.14. The smallest absolute Gasteiger partial charge is 0.326 e. The molecule has 1 atom stereocenters. The SMILES string of the molecule is CCC[C@@H](NC(=O)Nc1ccc(F)cc1F)C(=O)O. The third-order valence-electron chi connectivity index (χ3n) is 2.36. The van der Waals surface area contributed by atoms with E-state index in [0.29, 0.717) is 12.5 Å². The highest BCUT2D eigenvalue weighted by molar-refractivity contribution is 5.92. The summed E-state index contributed by atoms with van der Waals surface area (Å²) in [7, 11) is 0. The minimum Gasteiger partial charge on any atom is -0.480 e. The Bertz CT molecular complexity index is 480. The quantitative estimate of drug-likeness (QED) is 0.769. The lowest BCUT2D eigenvalue weighted by Crippen LogP contribution is -2.43. The summed E-state index contributed by atoms with van der Waals surface area (Å²) in [5.74, 6) is -2.87. The number of urea groups is 1. The number of benzene rings is 1. The van der Waals surface area contributed by atoms with Crippen molar-refractivity contribution in [3.63, 3.8) is 0 Å². The number of hydrogen-bond acceptors (Lipinski definition) is 2. The predicted molar refractivity (Wildman–Crippen MR) is 64.8 cm³/mol. The molecule has 1 rings (SSSR count). The van der Waals surface area contributed by atoms with Gasteiger partial charge in [0, 0.05) is 6.07 Å². The van der Waals surface area contributed by atoms with Crippen LogP contribution in [0.25, 0.3) is 0 Å². The number of rotatable bonds is 5. The van der Waals surface area contributed by atoms with Gasteiger partial charge in [-0.05, 0) is 18.6 Å². The number of nitrogens with one attached hydrogen (secondary N) is 2. The van der Waals surface area contributed by atoms with Crippen molar-refractivity contribution in [2.75, 3.05) is 5.32 Å². The van der Waals surface area contributed by atoms with Gasteiger partial charge in [0.05, 0.1) is 5.69 Å². The van der Waals surface area contributed by atoms with E-state index in [4.69, 9.17) is 5.11 Å². The van der Waals surface area contributed by atoms with Crippen LogP contribution in [-0.2, 0) is 4.79 Å². The Morgan fingerprint density at radius 1 is 1.37 bits per heavy atom. The molecule has 0 heterocycles. The summed E-state index contributed by atoms with van der Waals surface area (Å²) in [5, 5.41) is 13.2. The molecule has 0 unspecified atom stereocenters. The molecular formula is C12H14F2N2O3. The Kier molecular flexibility index (Phi) is 5.23. The molecule has 0 saturated heterocycles. The number of halogens is 2. The van der Waals surface area contributed by atoms with Gasteiger partial charge in [-0.1, -0.05) is 13.3 Å². The van der Waals surface area contributed by atoms with E-state index < -0.39 is 29.7 Å². The number of carbonyl (C=O) groups is 2. The van der Waals surface area contributed by atoms with Crippen molar-refractivity contribution in [1.82, 2.24) is 5.32 Å². The standard InChI is InChI=1S/C12H14F2N2O3/c1-2-3-10(11(17)18)16-12(19)15-9-5-4-7(13)6-8(9)14/h4-6,10H,2-3H2,1H3,(H,17,18)(H2,15,16,19)/t10-/m1/s1. The molecule has 19 heavy (non-hydrogen) atoms. The minimum absolute atomic E-state index is 0.223. The molecule has 1 aromatic carbocycles. The Hall–Kier alpha value is -2.18. The summed E-state index contributed by atoms with van der Waals surface area (Å²) in [6, 6.07) is 0.759. The van der Waals surface area contributed by atoms with Gasteiger partial charge in [-0.25, -0.2) is 18.4 Å². The second-order valence-electron chi connectivity index (χ2n) is 3.90. The van der Waals surface area contributed by atoms with E-state index in [0.717, 1.165) is 12.1 Å². The zero-order valence-corrected chi connectivity index (χ0v) is 10.2. The third kappa shape index (κ3) is 4.53. The zero-order valence-electron chi connectivity index (χ0n) is 10.2. The zero-order chi connectivity index (χ0) is 14.4. The van der Waals surface area contributed by atoms with E-state index >= 15 is 0 Å². The molecule has 0 spiro atoms. The van der Waals surface area contributed by atoms with Gasteiger partial charge >= 0.3 is 12.0 Å². The molecule has 1 aromatic rings. The third-order valence-corrected chi connectivity index (χ3v) is 2.36. The molecule has 0 bridgehead atoms. The molecule has 104 valence electrons. The molecule has 0 saturated carbocycles. The Labute approximate surface area is 108 Å². The van der Waals surface area contributed by atoms with E-state index in [2.05, 4.69) is 10.6 Å². The molecule has 2 amide bonds. The first kappa shape index (κ1) is 14.9. The fourth-order valence-electron chi connectivity index (χ4n) is 1.45. The number of anilines is 1. The van der Waals surface area contributed by atoms with Gasteiger partial charge in [0.1, 0.15) is 17.7 Å². The molecule has 0 fully saturated rings. The fraction of sp³-hybridized carbons (Fsp3) is 0.333. The van der Waals surface area contributed by atoms with Gasteiger partial charge in [0.2, 0.25) is 0 Å². The van der Waals surface area contributed by atoms with Gasteiger partial charge in [-0.2, -0.15) is 0 Å². The number of carboxylic acid groups (broad SMARTS) is 1. The van der Waals surface area contributed by atoms with E-state index in [1.807, 2.05) is 0 Å². The van der Waals surface area contributed by atoms with Crippen molar-refractivity contribution < 1.29 is 23.5 Å². The highest BCUT2D eigenvalue weighted by Crippen LogP contribution is 2.14. The van der Waals surface area contributed by atoms with E-state index in [-0.39, 0.29) is 12.1 Å². The van der Waals surface area contributed by atoms with Crippen molar-refractivity contribution in [3.05, 3.63) is 29.8 Å². The molecule has 0 radical (unpaired) electrons. The van der Waals surface area contributed by atoms with E-state index in [9.17, 15) is 18.4 Å². The molecule has 0 aliphatic carbocycles. The Morgan fingerprint density at radius 3 is 2.58 bits per heavy atom. The monoisotopic (exact) mass is 272 g/mol. The molecule has 0 aliphatic rings. The van der Waals surface area contributed by atoms with E-state index in [1.165, 1.54) is 0 Å². The fourth-order valence-corrected chi connectivity index (χ4v) is 1.45. The number of aliphatic carboxylic acids is 1. The van der Waals surface area contributed by atoms with Crippen molar-refractivity contribution in [2.24, 2.45) is 0 Å². The summed E-state index contributed by atoms with van der Waals surface area (Å²) in [5.41, 5.74) is -0.223. The summed E-state index contributed by atoms with van der Waals surface area (Å²) >= 11 is 0. The molecular weight excluding hydrogens is 258 g/mol. The maximum absolute atomic E-state index is 13.3. The summed E-state index contributed by atoms with van der Waals surface area (Å²) < 4.78 is 25.9. The van der Waals surface area contributed by atoms with Gasteiger partial charge < -0.3 is 15.7 Å². The molecule has 0 aromatic heterocycles. The number of amides is 2. The lowest BCUT2D eigenvalue weighted by molar-refractivity contribution is -0.139. The summed E-state index contributed by atoms with van der Waals surface area (Å²) in [6.07, 6.45) is 0.830. The predicted octanol–water partition coefficient (Wildman–Crippen LogP) is 2.34. The van der Waals surface area contributed by atoms with Crippen LogP contribution in [0.15, 0.2) is 18.2 Å². The maximum Gasteiger partial charge on any atom is 0.326 e. The van der Waals surface area contributed by atoms with E-state index in [1.54, 1.807) is 6.92 Å². The normalized spacial score (nSPS) is 11.7. The largest absolute Gasteiger partial charge is 0.480 e. The average molecular weight is 272 g/mol. The first-order valence-corrected chi connectivity index (χ1v) is 5.69. The molecule has 3 N–H and O–H groups in total. The Balaban J connectivity index is 2.66. The summed E-state index contributed by atoms with van der Waals surface area (Å²) in [4.78, 5) is 22.3. The van der Waals surface area contributed by atoms with Gasteiger partial charge in [-0.15, -0.1) is 0 Å². The molecule has 7 heteroatoms. The number of hydrogen-bond donors (Lipinski definition) is 3. The van der Waals surface area contributed by atoms with Crippen LogP contribution in [0.1, 0.15) is 19.8 Å². The lowest BCUT2D eigenvalue weighted by atomic mass is 10.2. The number of carboxylic acids is 1. The second kappa shape index (κ2) is 6.67. The van der Waals surface area contributed by atoms with Crippen LogP contribution in [0.3, 0.4) is 0 Å². The van der Waals surface area contributed by atoms with Crippen molar-refractivity contribution in [1.29, 1.82) is 0 Å². The van der Waals surface area contributed by atoms with Crippen LogP contribution >= 0.6 is 0 Å². The van der Waals surface area contributed by atoms with Gasteiger partial charge in [0.25, 0.3) is 0 Å². The van der Waals surface area contributed by atoms with Crippen LogP contribution in [0.2, 0.25) is 0 Å². The summed E-state index contributed by atoms with van der Waals surface area (Å²) in [6.45, 7) is 1.77. The maximum atomic E-state index is 13.3. The van der Waals surface area contributed by atoms with Gasteiger partial charge in [-0.3, -0.25) is 0 Å². The second-order valence-corrected chi connectivity index (χ2v) is 3.90. The Morgan fingerprint density at radius 2 is 2.05 bits per heavy atom. The van der Waals surface area contributed by atoms with Crippen molar-refractivity contribution in [3.8, 4) is 0 Å². The first-order chi connectivity index (χ1) is 8.93. The molecule has 0 aliphatic heterocycles. The topological polar surface area (TPSA) is 78.4 Å². The van der Waals surface area contributed by atoms with Crippen LogP contribution < -0.4 is 10.6 Å². The average Bonchev–Trinajstić information content (AvgIpc) is 2.32. The highest BCUT2D eigenvalue weighted by atomic mass is 19.1. The molecule has 5 nitrogen and oxygen atoms in total. The highest BCUT2D eigenvalue weighted by Gasteiger charge is 2.19. The first-order valence-electron chi connectivity index (χ1n) is 5.69. The van der Waals surface area contributed by atoms with Crippen molar-refractivity contribution >= 4 is 17.7 Å². The van der Waals surface area contributed by atoms with Gasteiger partial charge in [0.15, 0.2) is 0 Å². The van der Waals surface area contributed by atoms with Crippen LogP contribution in [0.4, 0.5) is 19.3 Å². The van der Waals surface area contributed by atoms with Crippen LogP contribution in [0.5, 0.6) is 0 Å². The minimum atomic E-state index is -1.17. The van der Waals surface area contributed by atoms with Crippen molar-refractivity contribution in [2.45, 2.75) is 25.8 Å².